The number of carbonyl (C=O) groups is 1. The van der Waals surface area contributed by atoms with Crippen molar-refractivity contribution in [2.45, 2.75) is 19.5 Å². The van der Waals surface area contributed by atoms with Crippen molar-refractivity contribution in [3.8, 4) is 0 Å². The van der Waals surface area contributed by atoms with E-state index in [9.17, 15) is 18.0 Å². The second-order valence-corrected chi connectivity index (χ2v) is 2.93. The minimum absolute atomic E-state index is 0.0190. The molecule has 0 amide bonds. The van der Waals surface area contributed by atoms with Crippen molar-refractivity contribution in [1.82, 2.24) is 4.98 Å². The number of aromatic amines is 1. The maximum atomic E-state index is 12.0. The van der Waals surface area contributed by atoms with Gasteiger partial charge in [-0.25, -0.2) is 4.79 Å². The number of aromatic nitrogens is 1. The molecular formula is C9H10F3NO2. The van der Waals surface area contributed by atoms with Crippen LogP contribution in [0, 0.1) is 0 Å². The molecule has 1 aromatic rings. The van der Waals surface area contributed by atoms with Gasteiger partial charge in [-0.2, -0.15) is 13.2 Å². The van der Waals surface area contributed by atoms with Crippen molar-refractivity contribution in [2.75, 3.05) is 6.61 Å². The van der Waals surface area contributed by atoms with Gasteiger partial charge in [0.1, 0.15) is 5.69 Å². The number of ether oxygens (including phenoxy) is 1. The SMILES string of the molecule is CCOC(=O)c1cc(CC(F)(F)F)c[nH]1. The zero-order valence-electron chi connectivity index (χ0n) is 8.02. The first kappa shape index (κ1) is 11.6. The standard InChI is InChI=1S/C9H10F3NO2/c1-2-15-8(14)7-3-6(5-13-7)4-9(10,11)12/h3,5,13H,2,4H2,1H3. The Hall–Kier alpha value is -1.46. The molecule has 0 saturated carbocycles. The molecular weight excluding hydrogens is 211 g/mol. The van der Waals surface area contributed by atoms with E-state index in [2.05, 4.69) is 9.72 Å². The molecule has 6 heteroatoms. The summed E-state index contributed by atoms with van der Waals surface area (Å²) in [6.07, 6.45) is -4.17. The van der Waals surface area contributed by atoms with Crippen LogP contribution in [0.5, 0.6) is 0 Å². The molecule has 0 aromatic carbocycles. The zero-order chi connectivity index (χ0) is 11.5. The van der Waals surface area contributed by atoms with Crippen LogP contribution in [0.4, 0.5) is 13.2 Å². The van der Waals surface area contributed by atoms with Crippen LogP contribution in [0.1, 0.15) is 23.0 Å². The average Bonchev–Trinajstić information content (AvgIpc) is 2.50. The van der Waals surface area contributed by atoms with Crippen molar-refractivity contribution in [3.05, 3.63) is 23.5 Å². The summed E-state index contributed by atoms with van der Waals surface area (Å²) in [5.74, 6) is -0.647. The lowest BCUT2D eigenvalue weighted by Crippen LogP contribution is -2.10. The van der Waals surface area contributed by atoms with Crippen LogP contribution in [0.2, 0.25) is 0 Å². The normalized spacial score (nSPS) is 11.5. The highest BCUT2D eigenvalue weighted by Gasteiger charge is 2.28. The lowest BCUT2D eigenvalue weighted by atomic mass is 10.2. The van der Waals surface area contributed by atoms with E-state index < -0.39 is 18.6 Å². The minimum Gasteiger partial charge on any atom is -0.461 e. The van der Waals surface area contributed by atoms with E-state index in [1.54, 1.807) is 6.92 Å². The Kier molecular flexibility index (Phi) is 3.39. The molecule has 0 aliphatic rings. The summed E-state index contributed by atoms with van der Waals surface area (Å²) in [4.78, 5) is 13.5. The highest BCUT2D eigenvalue weighted by atomic mass is 19.4. The van der Waals surface area contributed by atoms with Gasteiger partial charge >= 0.3 is 12.1 Å². The lowest BCUT2D eigenvalue weighted by Gasteiger charge is -2.02. The number of hydrogen-bond donors (Lipinski definition) is 1. The van der Waals surface area contributed by atoms with Crippen LogP contribution in [0.15, 0.2) is 12.3 Å². The zero-order valence-corrected chi connectivity index (χ0v) is 8.02. The van der Waals surface area contributed by atoms with Crippen molar-refractivity contribution in [1.29, 1.82) is 0 Å². The average molecular weight is 221 g/mol. The molecule has 1 aromatic heterocycles. The number of nitrogens with one attached hydrogen (secondary N) is 1. The van der Waals surface area contributed by atoms with Gasteiger partial charge in [0.2, 0.25) is 0 Å². The number of hydrogen-bond acceptors (Lipinski definition) is 2. The van der Waals surface area contributed by atoms with Gasteiger partial charge in [-0.3, -0.25) is 0 Å². The molecule has 1 N–H and O–H groups in total. The van der Waals surface area contributed by atoms with Crippen LogP contribution < -0.4 is 0 Å². The number of carbonyl (C=O) groups excluding carboxylic acids is 1. The third kappa shape index (κ3) is 3.65. The molecule has 0 saturated heterocycles. The summed E-state index contributed by atoms with van der Waals surface area (Å²) in [6, 6.07) is 1.14. The molecule has 3 nitrogen and oxygen atoms in total. The van der Waals surface area contributed by atoms with Crippen molar-refractivity contribution in [3.63, 3.8) is 0 Å². The lowest BCUT2D eigenvalue weighted by molar-refractivity contribution is -0.127. The number of esters is 1. The largest absolute Gasteiger partial charge is 0.461 e. The molecule has 0 radical (unpaired) electrons. The first-order valence-electron chi connectivity index (χ1n) is 4.33. The third-order valence-electron chi connectivity index (χ3n) is 1.64. The van der Waals surface area contributed by atoms with Gasteiger partial charge in [-0.1, -0.05) is 0 Å². The van der Waals surface area contributed by atoms with E-state index in [0.717, 1.165) is 12.3 Å². The topological polar surface area (TPSA) is 42.1 Å². The highest BCUT2D eigenvalue weighted by Crippen LogP contribution is 2.21. The summed E-state index contributed by atoms with van der Waals surface area (Å²) in [5.41, 5.74) is 0.0571. The molecule has 1 rings (SSSR count). The summed E-state index contributed by atoms with van der Waals surface area (Å²) in [6.45, 7) is 1.81. The molecule has 0 spiro atoms. The summed E-state index contributed by atoms with van der Waals surface area (Å²) < 4.78 is 40.5. The number of rotatable bonds is 3. The Labute approximate surface area is 84.2 Å². The van der Waals surface area contributed by atoms with E-state index in [0.29, 0.717) is 0 Å². The van der Waals surface area contributed by atoms with Crippen molar-refractivity contribution < 1.29 is 22.7 Å². The number of H-pyrrole nitrogens is 1. The number of alkyl halides is 3. The molecule has 0 bridgehead atoms. The van der Waals surface area contributed by atoms with Crippen LogP contribution in [-0.2, 0) is 11.2 Å². The molecule has 0 unspecified atom stereocenters. The Morgan fingerprint density at radius 3 is 2.73 bits per heavy atom. The van der Waals surface area contributed by atoms with Crippen LogP contribution in [0.3, 0.4) is 0 Å². The van der Waals surface area contributed by atoms with Crippen molar-refractivity contribution in [2.24, 2.45) is 0 Å². The van der Waals surface area contributed by atoms with E-state index in [4.69, 9.17) is 0 Å². The Balaban J connectivity index is 2.68. The molecule has 0 fully saturated rings. The van der Waals surface area contributed by atoms with Crippen LogP contribution >= 0.6 is 0 Å². The van der Waals surface area contributed by atoms with Gasteiger partial charge in [0.05, 0.1) is 13.0 Å². The molecule has 0 atom stereocenters. The summed E-state index contributed by atoms with van der Waals surface area (Å²) >= 11 is 0. The number of halogens is 3. The fraction of sp³-hybridized carbons (Fsp3) is 0.444. The predicted octanol–water partition coefficient (Wildman–Crippen LogP) is 2.30. The Bertz CT molecular complexity index is 343. The van der Waals surface area contributed by atoms with E-state index in [-0.39, 0.29) is 17.9 Å². The Morgan fingerprint density at radius 1 is 1.53 bits per heavy atom. The summed E-state index contributed by atoms with van der Waals surface area (Å²) in [5, 5.41) is 0. The van der Waals surface area contributed by atoms with E-state index in [1.165, 1.54) is 0 Å². The first-order valence-corrected chi connectivity index (χ1v) is 4.33. The van der Waals surface area contributed by atoms with Gasteiger partial charge in [0.25, 0.3) is 0 Å². The quantitative estimate of drug-likeness (QED) is 0.795. The smallest absolute Gasteiger partial charge is 0.393 e. The van der Waals surface area contributed by atoms with Gasteiger partial charge in [0.15, 0.2) is 0 Å². The fourth-order valence-corrected chi connectivity index (χ4v) is 1.10. The van der Waals surface area contributed by atoms with Gasteiger partial charge in [-0.05, 0) is 18.6 Å². The molecule has 0 aliphatic heterocycles. The molecule has 0 aliphatic carbocycles. The highest BCUT2D eigenvalue weighted by molar-refractivity contribution is 5.87. The van der Waals surface area contributed by atoms with Crippen LogP contribution in [-0.4, -0.2) is 23.7 Å². The third-order valence-corrected chi connectivity index (χ3v) is 1.64. The second kappa shape index (κ2) is 4.37. The van der Waals surface area contributed by atoms with Gasteiger partial charge in [0, 0.05) is 6.20 Å². The van der Waals surface area contributed by atoms with Gasteiger partial charge < -0.3 is 9.72 Å². The monoisotopic (exact) mass is 221 g/mol. The van der Waals surface area contributed by atoms with E-state index in [1.807, 2.05) is 0 Å². The van der Waals surface area contributed by atoms with Crippen molar-refractivity contribution >= 4 is 5.97 Å². The fourth-order valence-electron chi connectivity index (χ4n) is 1.10. The molecule has 1 heterocycles. The van der Waals surface area contributed by atoms with Gasteiger partial charge in [-0.15, -0.1) is 0 Å². The maximum absolute atomic E-state index is 12.0. The minimum atomic E-state index is -4.27. The summed E-state index contributed by atoms with van der Waals surface area (Å²) in [7, 11) is 0. The maximum Gasteiger partial charge on any atom is 0.393 e. The van der Waals surface area contributed by atoms with Crippen LogP contribution in [0.25, 0.3) is 0 Å². The predicted molar refractivity (Wildman–Crippen MR) is 46.5 cm³/mol. The second-order valence-electron chi connectivity index (χ2n) is 2.93. The Morgan fingerprint density at radius 2 is 2.20 bits per heavy atom. The van der Waals surface area contributed by atoms with E-state index >= 15 is 0 Å². The molecule has 15 heavy (non-hydrogen) atoms. The first-order chi connectivity index (χ1) is 6.92. The molecule has 84 valence electrons.